The van der Waals surface area contributed by atoms with Gasteiger partial charge < -0.3 is 9.47 Å². The van der Waals surface area contributed by atoms with Gasteiger partial charge in [0.2, 0.25) is 0 Å². The van der Waals surface area contributed by atoms with Crippen LogP contribution in [0.5, 0.6) is 5.75 Å². The monoisotopic (exact) mass is 260 g/mol. The molecule has 3 nitrogen and oxygen atoms in total. The van der Waals surface area contributed by atoms with Crippen molar-refractivity contribution in [1.82, 2.24) is 0 Å². The van der Waals surface area contributed by atoms with Crippen LogP contribution in [0.25, 0.3) is 0 Å². The first-order valence-corrected chi connectivity index (χ1v) is 7.17. The van der Waals surface area contributed by atoms with Crippen LogP contribution in [-0.2, 0) is 9.53 Å². The van der Waals surface area contributed by atoms with Gasteiger partial charge in [-0.2, -0.15) is 0 Å². The number of ether oxygens (including phenoxy) is 2. The molecule has 0 spiro atoms. The largest absolute Gasteiger partial charge is 0.493 e. The summed E-state index contributed by atoms with van der Waals surface area (Å²) in [4.78, 5) is 12.5. The smallest absolute Gasteiger partial charge is 0.140 e. The van der Waals surface area contributed by atoms with Crippen molar-refractivity contribution in [3.63, 3.8) is 0 Å². The number of para-hydroxylation sites is 1. The minimum Gasteiger partial charge on any atom is -0.493 e. The Morgan fingerprint density at radius 2 is 1.89 bits per heavy atom. The Hall–Kier alpha value is -1.35. The van der Waals surface area contributed by atoms with E-state index in [0.29, 0.717) is 24.7 Å². The fourth-order valence-corrected chi connectivity index (χ4v) is 3.05. The first kappa shape index (κ1) is 12.7. The summed E-state index contributed by atoms with van der Waals surface area (Å²) in [6.07, 6.45) is 3.56. The molecule has 1 saturated heterocycles. The molecule has 1 fully saturated rings. The zero-order valence-corrected chi connectivity index (χ0v) is 11.1. The van der Waals surface area contributed by atoms with Crippen molar-refractivity contribution in [3.8, 4) is 5.75 Å². The van der Waals surface area contributed by atoms with E-state index in [2.05, 4.69) is 0 Å². The molecule has 102 valence electrons. The predicted octanol–water partition coefficient (Wildman–Crippen LogP) is 2.94. The minimum atomic E-state index is 0.0350. The van der Waals surface area contributed by atoms with Crippen LogP contribution < -0.4 is 4.74 Å². The lowest BCUT2D eigenvalue weighted by molar-refractivity contribution is -0.122. The standard InChI is InChI=1S/C16H20O3/c17-15(11-12-5-8-18-9-6-12)13-7-10-19-16-4-2-1-3-14(13)16/h1-4,12-13H,5-11H2. The van der Waals surface area contributed by atoms with Crippen LogP contribution in [0.4, 0.5) is 0 Å². The molecule has 3 rings (SSSR count). The number of ketones is 1. The molecule has 1 aromatic carbocycles. The van der Waals surface area contributed by atoms with E-state index in [1.807, 2.05) is 24.3 Å². The van der Waals surface area contributed by atoms with E-state index in [4.69, 9.17) is 9.47 Å². The molecular formula is C16H20O3. The van der Waals surface area contributed by atoms with E-state index in [1.54, 1.807) is 0 Å². The highest BCUT2D eigenvalue weighted by Gasteiger charge is 2.29. The van der Waals surface area contributed by atoms with Gasteiger partial charge >= 0.3 is 0 Å². The van der Waals surface area contributed by atoms with Crippen LogP contribution in [0.1, 0.15) is 37.2 Å². The molecule has 1 unspecified atom stereocenters. The number of rotatable bonds is 3. The Morgan fingerprint density at radius 1 is 1.11 bits per heavy atom. The summed E-state index contributed by atoms with van der Waals surface area (Å²) >= 11 is 0. The highest BCUT2D eigenvalue weighted by molar-refractivity contribution is 5.87. The van der Waals surface area contributed by atoms with Gasteiger partial charge in [-0.3, -0.25) is 4.79 Å². The Morgan fingerprint density at radius 3 is 2.74 bits per heavy atom. The summed E-state index contributed by atoms with van der Waals surface area (Å²) in [5.41, 5.74) is 1.07. The normalized spacial score (nSPS) is 23.5. The summed E-state index contributed by atoms with van der Waals surface area (Å²) in [5.74, 6) is 1.81. The molecule has 2 heterocycles. The molecule has 1 atom stereocenters. The van der Waals surface area contributed by atoms with Crippen molar-refractivity contribution in [2.45, 2.75) is 31.6 Å². The van der Waals surface area contributed by atoms with Crippen LogP contribution in [0.3, 0.4) is 0 Å². The third-order valence-corrected chi connectivity index (χ3v) is 4.18. The molecule has 2 aliphatic heterocycles. The van der Waals surface area contributed by atoms with Gasteiger partial charge in [-0.05, 0) is 31.2 Å². The van der Waals surface area contributed by atoms with Crippen LogP contribution in [-0.4, -0.2) is 25.6 Å². The van der Waals surface area contributed by atoms with Crippen LogP contribution in [0.2, 0.25) is 0 Å². The molecule has 0 amide bonds. The molecular weight excluding hydrogens is 240 g/mol. The minimum absolute atomic E-state index is 0.0350. The molecule has 3 heteroatoms. The van der Waals surface area contributed by atoms with Gasteiger partial charge in [0, 0.05) is 31.1 Å². The number of carbonyl (C=O) groups excluding carboxylic acids is 1. The second-order valence-electron chi connectivity index (χ2n) is 5.45. The zero-order valence-electron chi connectivity index (χ0n) is 11.1. The Bertz CT molecular complexity index is 449. The molecule has 1 aromatic rings. The van der Waals surface area contributed by atoms with Crippen molar-refractivity contribution < 1.29 is 14.3 Å². The van der Waals surface area contributed by atoms with Gasteiger partial charge in [0.1, 0.15) is 11.5 Å². The molecule has 2 aliphatic rings. The summed E-state index contributed by atoms with van der Waals surface area (Å²) in [6.45, 7) is 2.27. The molecule has 0 N–H and O–H groups in total. The van der Waals surface area contributed by atoms with Gasteiger partial charge in [-0.1, -0.05) is 18.2 Å². The van der Waals surface area contributed by atoms with Crippen molar-refractivity contribution >= 4 is 5.78 Å². The number of Topliss-reactive ketones (excluding diaryl/α,β-unsaturated/α-hetero) is 1. The summed E-state index contributed by atoms with van der Waals surface area (Å²) in [6, 6.07) is 7.94. The second-order valence-corrected chi connectivity index (χ2v) is 5.45. The highest BCUT2D eigenvalue weighted by Crippen LogP contribution is 2.35. The van der Waals surface area contributed by atoms with Gasteiger partial charge in [-0.25, -0.2) is 0 Å². The first-order chi connectivity index (χ1) is 9.34. The molecule has 0 aliphatic carbocycles. The molecule has 19 heavy (non-hydrogen) atoms. The number of benzene rings is 1. The molecule has 0 aromatic heterocycles. The highest BCUT2D eigenvalue weighted by atomic mass is 16.5. The van der Waals surface area contributed by atoms with Gasteiger partial charge in [0.15, 0.2) is 0 Å². The van der Waals surface area contributed by atoms with Gasteiger partial charge in [0.25, 0.3) is 0 Å². The summed E-state index contributed by atoms with van der Waals surface area (Å²) < 4.78 is 11.0. The van der Waals surface area contributed by atoms with Crippen molar-refractivity contribution in [2.24, 2.45) is 5.92 Å². The molecule has 0 bridgehead atoms. The third-order valence-electron chi connectivity index (χ3n) is 4.18. The molecule has 0 saturated carbocycles. The van der Waals surface area contributed by atoms with Gasteiger partial charge in [0.05, 0.1) is 6.61 Å². The van der Waals surface area contributed by atoms with E-state index in [-0.39, 0.29) is 5.92 Å². The van der Waals surface area contributed by atoms with Crippen LogP contribution in [0.15, 0.2) is 24.3 Å². The van der Waals surface area contributed by atoms with Crippen molar-refractivity contribution in [2.75, 3.05) is 19.8 Å². The maximum absolute atomic E-state index is 12.5. The zero-order chi connectivity index (χ0) is 13.1. The fraction of sp³-hybridized carbons (Fsp3) is 0.562. The predicted molar refractivity (Wildman–Crippen MR) is 72.5 cm³/mol. The molecule has 0 radical (unpaired) electrons. The second kappa shape index (κ2) is 5.74. The number of hydrogen-bond donors (Lipinski definition) is 0. The lowest BCUT2D eigenvalue weighted by atomic mass is 9.83. The van der Waals surface area contributed by atoms with E-state index in [1.165, 1.54) is 0 Å². The lowest BCUT2D eigenvalue weighted by Gasteiger charge is -2.27. The topological polar surface area (TPSA) is 35.5 Å². The Balaban J connectivity index is 1.70. The summed E-state index contributed by atoms with van der Waals surface area (Å²) in [5, 5.41) is 0. The van der Waals surface area contributed by atoms with Gasteiger partial charge in [-0.15, -0.1) is 0 Å². The van der Waals surface area contributed by atoms with Crippen molar-refractivity contribution in [1.29, 1.82) is 0 Å². The van der Waals surface area contributed by atoms with E-state index in [0.717, 1.165) is 43.8 Å². The van der Waals surface area contributed by atoms with Crippen molar-refractivity contribution in [3.05, 3.63) is 29.8 Å². The Labute approximate surface area is 113 Å². The number of fused-ring (bicyclic) bond motifs is 1. The Kier molecular flexibility index (Phi) is 3.83. The third kappa shape index (κ3) is 2.81. The van der Waals surface area contributed by atoms with E-state index >= 15 is 0 Å². The maximum Gasteiger partial charge on any atom is 0.140 e. The lowest BCUT2D eigenvalue weighted by Crippen LogP contribution is -2.25. The fourth-order valence-electron chi connectivity index (χ4n) is 3.05. The first-order valence-electron chi connectivity index (χ1n) is 7.17. The van der Waals surface area contributed by atoms with E-state index in [9.17, 15) is 4.79 Å². The van der Waals surface area contributed by atoms with E-state index < -0.39 is 0 Å². The number of carbonyl (C=O) groups is 1. The number of hydrogen-bond acceptors (Lipinski definition) is 3. The quantitative estimate of drug-likeness (QED) is 0.838. The summed E-state index contributed by atoms with van der Waals surface area (Å²) in [7, 11) is 0. The maximum atomic E-state index is 12.5. The van der Waals surface area contributed by atoms with Crippen LogP contribution in [0, 0.1) is 5.92 Å². The van der Waals surface area contributed by atoms with Crippen LogP contribution >= 0.6 is 0 Å². The average Bonchev–Trinajstić information content (AvgIpc) is 2.47. The average molecular weight is 260 g/mol. The SMILES string of the molecule is O=C(CC1CCOCC1)C1CCOc2ccccc21.